The lowest BCUT2D eigenvalue weighted by Gasteiger charge is -2.13. The van der Waals surface area contributed by atoms with Gasteiger partial charge in [-0.25, -0.2) is 0 Å². The maximum absolute atomic E-state index is 6.47. The van der Waals surface area contributed by atoms with E-state index in [2.05, 4.69) is 0 Å². The number of hydrogen-bond acceptors (Lipinski definition) is 2. The summed E-state index contributed by atoms with van der Waals surface area (Å²) < 4.78 is 6.45. The molecule has 0 spiro atoms. The molecular weight excluding hydrogens is 311 g/mol. The third kappa shape index (κ3) is 2.77. The molecule has 0 bridgehead atoms. The third-order valence-corrected chi connectivity index (χ3v) is 4.69. The summed E-state index contributed by atoms with van der Waals surface area (Å²) in [5.41, 5.74) is 2.92. The first-order valence-electron chi connectivity index (χ1n) is 5.26. The Hall–Kier alpha value is -0.410. The molecule has 96 valence electrons. The molecule has 0 aliphatic rings. The van der Waals surface area contributed by atoms with Crippen molar-refractivity contribution in [3.63, 3.8) is 0 Å². The summed E-state index contributed by atoms with van der Waals surface area (Å²) in [5.74, 6) is 0.814. The molecule has 1 aromatic carbocycles. The number of methoxy groups -OCH3 is 1. The van der Waals surface area contributed by atoms with Crippen LogP contribution in [-0.4, -0.2) is 7.11 Å². The number of aryl methyl sites for hydroxylation is 1. The Labute approximate surface area is 125 Å². The molecule has 0 amide bonds. The van der Waals surface area contributed by atoms with Gasteiger partial charge in [0.2, 0.25) is 0 Å². The number of benzene rings is 1. The van der Waals surface area contributed by atoms with Gasteiger partial charge >= 0.3 is 0 Å². The summed E-state index contributed by atoms with van der Waals surface area (Å²) in [6.07, 6.45) is 0. The topological polar surface area (TPSA) is 9.23 Å². The monoisotopic (exact) mass is 320 g/mol. The van der Waals surface area contributed by atoms with Gasteiger partial charge < -0.3 is 4.74 Å². The van der Waals surface area contributed by atoms with Gasteiger partial charge in [0, 0.05) is 5.56 Å². The molecule has 0 saturated carbocycles. The first kappa shape index (κ1) is 14.0. The molecule has 1 aromatic heterocycles. The molecule has 0 aliphatic carbocycles. The fourth-order valence-electron chi connectivity index (χ4n) is 1.75. The molecule has 1 heterocycles. The summed E-state index contributed by atoms with van der Waals surface area (Å²) >= 11 is 19.9. The van der Waals surface area contributed by atoms with E-state index in [1.54, 1.807) is 7.11 Å². The standard InChI is InChI=1S/C13H11Cl3OS/c1-7-5-8(17-2)3-4-9(7)12(15)10-6-11(14)18-13(10)16/h3-6,12H,1-2H3. The largest absolute Gasteiger partial charge is 0.497 e. The van der Waals surface area contributed by atoms with Crippen LogP contribution in [0, 0.1) is 6.92 Å². The molecule has 1 nitrogen and oxygen atoms in total. The Bertz CT molecular complexity index is 565. The normalized spacial score (nSPS) is 12.5. The molecule has 0 N–H and O–H groups in total. The average Bonchev–Trinajstić information content (AvgIpc) is 2.67. The predicted molar refractivity (Wildman–Crippen MR) is 79.8 cm³/mol. The molecule has 0 radical (unpaired) electrons. The van der Waals surface area contributed by atoms with Crippen LogP contribution in [-0.2, 0) is 0 Å². The minimum atomic E-state index is -0.299. The van der Waals surface area contributed by atoms with E-state index < -0.39 is 0 Å². The number of alkyl halides is 1. The summed E-state index contributed by atoms with van der Waals surface area (Å²) in [7, 11) is 1.64. The molecule has 18 heavy (non-hydrogen) atoms. The van der Waals surface area contributed by atoms with Crippen molar-refractivity contribution in [1.82, 2.24) is 0 Å². The second-order valence-electron chi connectivity index (χ2n) is 3.86. The first-order valence-corrected chi connectivity index (χ1v) is 7.27. The highest BCUT2D eigenvalue weighted by Gasteiger charge is 2.19. The van der Waals surface area contributed by atoms with Crippen molar-refractivity contribution in [2.45, 2.75) is 12.3 Å². The molecule has 0 aliphatic heterocycles. The van der Waals surface area contributed by atoms with E-state index in [0.29, 0.717) is 8.67 Å². The Morgan fingerprint density at radius 1 is 1.17 bits per heavy atom. The average molecular weight is 322 g/mol. The van der Waals surface area contributed by atoms with Gasteiger partial charge in [0.15, 0.2) is 0 Å². The van der Waals surface area contributed by atoms with Crippen LogP contribution in [0.1, 0.15) is 22.1 Å². The molecular formula is C13H11Cl3OS. The highest BCUT2D eigenvalue weighted by Crippen LogP contribution is 2.41. The second kappa shape index (κ2) is 5.70. The lowest BCUT2D eigenvalue weighted by Crippen LogP contribution is -1.96. The summed E-state index contributed by atoms with van der Waals surface area (Å²) in [6.45, 7) is 2.00. The fourth-order valence-corrected chi connectivity index (χ4v) is 3.82. The van der Waals surface area contributed by atoms with Crippen LogP contribution >= 0.6 is 46.1 Å². The van der Waals surface area contributed by atoms with E-state index in [0.717, 1.165) is 22.4 Å². The number of hydrogen-bond donors (Lipinski definition) is 0. The van der Waals surface area contributed by atoms with Crippen molar-refractivity contribution in [3.8, 4) is 5.75 Å². The van der Waals surface area contributed by atoms with Crippen LogP contribution < -0.4 is 4.74 Å². The Balaban J connectivity index is 2.39. The van der Waals surface area contributed by atoms with Crippen LogP contribution in [0.5, 0.6) is 5.75 Å². The SMILES string of the molecule is COc1ccc(C(Cl)c2cc(Cl)sc2Cl)c(C)c1. The van der Waals surface area contributed by atoms with Crippen LogP contribution in [0.4, 0.5) is 0 Å². The van der Waals surface area contributed by atoms with E-state index >= 15 is 0 Å². The molecule has 2 rings (SSSR count). The van der Waals surface area contributed by atoms with Crippen molar-refractivity contribution < 1.29 is 4.74 Å². The zero-order valence-corrected chi connectivity index (χ0v) is 12.9. The number of rotatable bonds is 3. The van der Waals surface area contributed by atoms with Gasteiger partial charge in [0.25, 0.3) is 0 Å². The molecule has 5 heteroatoms. The molecule has 2 aromatic rings. The molecule has 0 fully saturated rings. The van der Waals surface area contributed by atoms with E-state index in [-0.39, 0.29) is 5.38 Å². The minimum Gasteiger partial charge on any atom is -0.497 e. The van der Waals surface area contributed by atoms with Crippen molar-refractivity contribution in [1.29, 1.82) is 0 Å². The number of thiophene rings is 1. The van der Waals surface area contributed by atoms with Gasteiger partial charge in [-0.2, -0.15) is 0 Å². The van der Waals surface area contributed by atoms with E-state index in [1.807, 2.05) is 31.2 Å². The van der Waals surface area contributed by atoms with E-state index in [1.165, 1.54) is 11.3 Å². The zero-order chi connectivity index (χ0) is 13.3. The highest BCUT2D eigenvalue weighted by atomic mass is 35.5. The second-order valence-corrected chi connectivity index (χ2v) is 6.59. The van der Waals surface area contributed by atoms with Gasteiger partial charge in [-0.1, -0.05) is 29.3 Å². The van der Waals surface area contributed by atoms with Crippen LogP contribution in [0.15, 0.2) is 24.3 Å². The first-order chi connectivity index (χ1) is 8.52. The van der Waals surface area contributed by atoms with Crippen molar-refractivity contribution >= 4 is 46.1 Å². The van der Waals surface area contributed by atoms with Crippen molar-refractivity contribution in [2.24, 2.45) is 0 Å². The van der Waals surface area contributed by atoms with E-state index in [9.17, 15) is 0 Å². The van der Waals surface area contributed by atoms with Gasteiger partial charge in [-0.15, -0.1) is 22.9 Å². The minimum absolute atomic E-state index is 0.299. The van der Waals surface area contributed by atoms with Gasteiger partial charge in [0.1, 0.15) is 5.75 Å². The van der Waals surface area contributed by atoms with Gasteiger partial charge in [0.05, 0.1) is 21.2 Å². The number of ether oxygens (including phenoxy) is 1. The Kier molecular flexibility index (Phi) is 4.44. The third-order valence-electron chi connectivity index (χ3n) is 2.71. The van der Waals surface area contributed by atoms with Crippen molar-refractivity contribution in [3.05, 3.63) is 49.6 Å². The zero-order valence-electron chi connectivity index (χ0n) is 9.84. The van der Waals surface area contributed by atoms with Crippen LogP contribution in [0.25, 0.3) is 0 Å². The van der Waals surface area contributed by atoms with Gasteiger partial charge in [-0.3, -0.25) is 0 Å². The lowest BCUT2D eigenvalue weighted by molar-refractivity contribution is 0.414. The smallest absolute Gasteiger partial charge is 0.119 e. The maximum Gasteiger partial charge on any atom is 0.119 e. The summed E-state index contributed by atoms with van der Waals surface area (Å²) in [5, 5.41) is -0.299. The maximum atomic E-state index is 6.47. The van der Waals surface area contributed by atoms with Crippen molar-refractivity contribution in [2.75, 3.05) is 7.11 Å². The number of halogens is 3. The lowest BCUT2D eigenvalue weighted by atomic mass is 10.0. The Morgan fingerprint density at radius 3 is 2.39 bits per heavy atom. The molecule has 0 saturated heterocycles. The fraction of sp³-hybridized carbons (Fsp3) is 0.231. The summed E-state index contributed by atoms with van der Waals surface area (Å²) in [4.78, 5) is 0. The molecule has 1 unspecified atom stereocenters. The molecule has 1 atom stereocenters. The van der Waals surface area contributed by atoms with Gasteiger partial charge in [-0.05, 0) is 36.2 Å². The highest BCUT2D eigenvalue weighted by molar-refractivity contribution is 7.20. The predicted octanol–water partition coefficient (Wildman–Crippen LogP) is 5.70. The van der Waals surface area contributed by atoms with Crippen LogP contribution in [0.2, 0.25) is 8.67 Å². The quantitative estimate of drug-likeness (QED) is 0.659. The van der Waals surface area contributed by atoms with Crippen LogP contribution in [0.3, 0.4) is 0 Å². The van der Waals surface area contributed by atoms with E-state index in [4.69, 9.17) is 39.5 Å². The Morgan fingerprint density at radius 2 is 1.89 bits per heavy atom. The summed E-state index contributed by atoms with van der Waals surface area (Å²) in [6, 6.07) is 7.61.